The van der Waals surface area contributed by atoms with Gasteiger partial charge in [-0.25, -0.2) is 0 Å². The molecule has 0 spiro atoms. The first-order valence-corrected chi connectivity index (χ1v) is 11.1. The van der Waals surface area contributed by atoms with Crippen molar-refractivity contribution in [3.05, 3.63) is 77.9 Å². The number of rotatable bonds is 6. The van der Waals surface area contributed by atoms with Crippen LogP contribution in [0.25, 0.3) is 10.8 Å². The standard InChI is InChI=1S/C26H27N3O2/c30-25(19-10-11-19)28-24-15-21-9-5-4-8-20(21)14-23(24)26(31)27-22-12-13-29(17-22)16-18-6-2-1-3-7-18/h1-9,14-15,19,22H,10-13,16-17H2,(H,27,31)(H,28,30). The maximum absolute atomic E-state index is 13.2. The number of carbonyl (C=O) groups is 2. The van der Waals surface area contributed by atoms with Gasteiger partial charge in [-0.15, -0.1) is 0 Å². The molecule has 2 N–H and O–H groups in total. The molecule has 31 heavy (non-hydrogen) atoms. The summed E-state index contributed by atoms with van der Waals surface area (Å²) in [6.45, 7) is 2.69. The number of benzene rings is 3. The molecular formula is C26H27N3O2. The molecule has 1 atom stereocenters. The van der Waals surface area contributed by atoms with Crippen LogP contribution in [0, 0.1) is 5.92 Å². The third kappa shape index (κ3) is 4.62. The SMILES string of the molecule is O=C(NC1CCN(Cc2ccccc2)C1)c1cc2ccccc2cc1NC(=O)C1CC1. The summed E-state index contributed by atoms with van der Waals surface area (Å²) < 4.78 is 0. The summed E-state index contributed by atoms with van der Waals surface area (Å²) in [6, 6.07) is 22.3. The molecule has 5 rings (SSSR count). The second-order valence-corrected chi connectivity index (χ2v) is 8.69. The van der Waals surface area contributed by atoms with Crippen molar-refractivity contribution < 1.29 is 9.59 Å². The van der Waals surface area contributed by atoms with E-state index in [0.717, 1.165) is 49.7 Å². The van der Waals surface area contributed by atoms with Gasteiger partial charge in [0.05, 0.1) is 11.3 Å². The molecule has 1 aliphatic heterocycles. The molecule has 2 amide bonds. The third-order valence-electron chi connectivity index (χ3n) is 6.19. The van der Waals surface area contributed by atoms with Crippen LogP contribution in [0.4, 0.5) is 5.69 Å². The quantitative estimate of drug-likeness (QED) is 0.637. The highest BCUT2D eigenvalue weighted by molar-refractivity contribution is 6.08. The molecule has 1 heterocycles. The Hall–Kier alpha value is -3.18. The van der Waals surface area contributed by atoms with Crippen molar-refractivity contribution in [3.63, 3.8) is 0 Å². The van der Waals surface area contributed by atoms with E-state index in [2.05, 4.69) is 39.8 Å². The van der Waals surface area contributed by atoms with E-state index in [0.29, 0.717) is 11.3 Å². The summed E-state index contributed by atoms with van der Waals surface area (Å²) in [7, 11) is 0. The highest BCUT2D eigenvalue weighted by atomic mass is 16.2. The lowest BCUT2D eigenvalue weighted by atomic mass is 10.0. The van der Waals surface area contributed by atoms with E-state index in [4.69, 9.17) is 0 Å². The second-order valence-electron chi connectivity index (χ2n) is 8.69. The van der Waals surface area contributed by atoms with Gasteiger partial charge in [0, 0.05) is 31.6 Å². The number of nitrogens with one attached hydrogen (secondary N) is 2. The molecule has 1 unspecified atom stereocenters. The van der Waals surface area contributed by atoms with E-state index in [1.54, 1.807) is 0 Å². The highest BCUT2D eigenvalue weighted by Crippen LogP contribution is 2.32. The van der Waals surface area contributed by atoms with Crippen molar-refractivity contribution in [2.45, 2.75) is 31.8 Å². The summed E-state index contributed by atoms with van der Waals surface area (Å²) in [4.78, 5) is 28.0. The van der Waals surface area contributed by atoms with Gasteiger partial charge >= 0.3 is 0 Å². The predicted molar refractivity (Wildman–Crippen MR) is 123 cm³/mol. The Bertz CT molecular complexity index is 1110. The van der Waals surface area contributed by atoms with E-state index >= 15 is 0 Å². The summed E-state index contributed by atoms with van der Waals surface area (Å²) in [5.74, 6) is -0.0218. The van der Waals surface area contributed by atoms with Crippen LogP contribution in [-0.2, 0) is 11.3 Å². The minimum absolute atomic E-state index is 0.0132. The second kappa shape index (κ2) is 8.52. The fourth-order valence-corrected chi connectivity index (χ4v) is 4.31. The number of hydrogen-bond donors (Lipinski definition) is 2. The maximum Gasteiger partial charge on any atom is 0.253 e. The molecule has 5 heteroatoms. The predicted octanol–water partition coefficient (Wildman–Crippen LogP) is 4.19. The number of anilines is 1. The van der Waals surface area contributed by atoms with Gasteiger partial charge in [0.1, 0.15) is 0 Å². The minimum atomic E-state index is -0.122. The lowest BCUT2D eigenvalue weighted by Crippen LogP contribution is -2.37. The zero-order chi connectivity index (χ0) is 21.2. The molecule has 1 saturated carbocycles. The van der Waals surface area contributed by atoms with Crippen LogP contribution in [0.3, 0.4) is 0 Å². The summed E-state index contributed by atoms with van der Waals surface area (Å²) >= 11 is 0. The number of hydrogen-bond acceptors (Lipinski definition) is 3. The van der Waals surface area contributed by atoms with Crippen molar-refractivity contribution in [3.8, 4) is 0 Å². The van der Waals surface area contributed by atoms with Crippen LogP contribution in [0.15, 0.2) is 66.7 Å². The normalized spacial score (nSPS) is 18.8. The molecule has 2 fully saturated rings. The lowest BCUT2D eigenvalue weighted by Gasteiger charge is -2.18. The van der Waals surface area contributed by atoms with E-state index < -0.39 is 0 Å². The van der Waals surface area contributed by atoms with Crippen molar-refractivity contribution in [1.29, 1.82) is 0 Å². The van der Waals surface area contributed by atoms with Crippen LogP contribution in [-0.4, -0.2) is 35.8 Å². The summed E-state index contributed by atoms with van der Waals surface area (Å²) in [5.41, 5.74) is 2.43. The maximum atomic E-state index is 13.2. The smallest absolute Gasteiger partial charge is 0.253 e. The largest absolute Gasteiger partial charge is 0.348 e. The molecule has 5 nitrogen and oxygen atoms in total. The van der Waals surface area contributed by atoms with Crippen LogP contribution in [0.5, 0.6) is 0 Å². The molecule has 3 aromatic carbocycles. The van der Waals surface area contributed by atoms with Gasteiger partial charge in [-0.3, -0.25) is 14.5 Å². The highest BCUT2D eigenvalue weighted by Gasteiger charge is 2.31. The Labute approximate surface area is 182 Å². The van der Waals surface area contributed by atoms with Crippen LogP contribution in [0.1, 0.15) is 35.2 Å². The molecule has 1 aliphatic carbocycles. The molecule has 158 valence electrons. The van der Waals surface area contributed by atoms with Crippen molar-refractivity contribution in [2.24, 2.45) is 5.92 Å². The summed E-state index contributed by atoms with van der Waals surface area (Å²) in [6.07, 6.45) is 2.79. The van der Waals surface area contributed by atoms with Crippen LogP contribution in [0.2, 0.25) is 0 Å². The Morgan fingerprint density at radius 3 is 2.35 bits per heavy atom. The topological polar surface area (TPSA) is 61.4 Å². The number of amides is 2. The van der Waals surface area contributed by atoms with Gasteiger partial charge in [-0.1, -0.05) is 54.6 Å². The van der Waals surface area contributed by atoms with Gasteiger partial charge in [0.25, 0.3) is 5.91 Å². The Morgan fingerprint density at radius 2 is 1.61 bits per heavy atom. The number of fused-ring (bicyclic) bond motifs is 1. The van der Waals surface area contributed by atoms with E-state index in [9.17, 15) is 9.59 Å². The Morgan fingerprint density at radius 1 is 0.903 bits per heavy atom. The number of carbonyl (C=O) groups excluding carboxylic acids is 2. The van der Waals surface area contributed by atoms with E-state index in [1.165, 1.54) is 5.56 Å². The van der Waals surface area contributed by atoms with E-state index in [-0.39, 0.29) is 23.8 Å². The first-order chi connectivity index (χ1) is 15.2. The molecular weight excluding hydrogens is 386 g/mol. The minimum Gasteiger partial charge on any atom is -0.348 e. The van der Waals surface area contributed by atoms with Gasteiger partial charge < -0.3 is 10.6 Å². The lowest BCUT2D eigenvalue weighted by molar-refractivity contribution is -0.117. The fraction of sp³-hybridized carbons (Fsp3) is 0.308. The van der Waals surface area contributed by atoms with E-state index in [1.807, 2.05) is 42.5 Å². The molecule has 3 aromatic rings. The van der Waals surface area contributed by atoms with Crippen LogP contribution >= 0.6 is 0 Å². The van der Waals surface area contributed by atoms with Crippen LogP contribution < -0.4 is 10.6 Å². The monoisotopic (exact) mass is 413 g/mol. The van der Waals surface area contributed by atoms with Gasteiger partial charge in [-0.2, -0.15) is 0 Å². The average Bonchev–Trinajstić information content (AvgIpc) is 3.55. The van der Waals surface area contributed by atoms with Gasteiger partial charge in [-0.05, 0) is 47.7 Å². The average molecular weight is 414 g/mol. The van der Waals surface area contributed by atoms with Gasteiger partial charge in [0.15, 0.2) is 0 Å². The zero-order valence-electron chi connectivity index (χ0n) is 17.5. The first-order valence-electron chi connectivity index (χ1n) is 11.1. The molecule has 0 aromatic heterocycles. The van der Waals surface area contributed by atoms with Gasteiger partial charge in [0.2, 0.25) is 5.91 Å². The number of likely N-dealkylation sites (tertiary alicyclic amines) is 1. The Balaban J connectivity index is 1.31. The first kappa shape index (κ1) is 19.8. The van der Waals surface area contributed by atoms with Crippen molar-refractivity contribution in [1.82, 2.24) is 10.2 Å². The molecule has 2 aliphatic rings. The summed E-state index contributed by atoms with van der Waals surface area (Å²) in [5, 5.41) is 8.21. The third-order valence-corrected chi connectivity index (χ3v) is 6.19. The fourth-order valence-electron chi connectivity index (χ4n) is 4.31. The molecule has 1 saturated heterocycles. The zero-order valence-corrected chi connectivity index (χ0v) is 17.5. The Kier molecular flexibility index (Phi) is 5.43. The number of nitrogens with zero attached hydrogens (tertiary/aromatic N) is 1. The molecule has 0 radical (unpaired) electrons. The molecule has 0 bridgehead atoms. The van der Waals surface area contributed by atoms with Crippen molar-refractivity contribution in [2.75, 3.05) is 18.4 Å². The van der Waals surface area contributed by atoms with Crippen molar-refractivity contribution >= 4 is 28.3 Å².